The largest absolute Gasteiger partial charge is 0.507 e. The second-order valence-electron chi connectivity index (χ2n) is 8.49. The van der Waals surface area contributed by atoms with Crippen LogP contribution < -0.4 is 10.6 Å². The summed E-state index contributed by atoms with van der Waals surface area (Å²) in [4.78, 5) is 36.6. The second kappa shape index (κ2) is 9.79. The number of benzene rings is 3. The van der Waals surface area contributed by atoms with Crippen LogP contribution in [0.2, 0.25) is 0 Å². The number of rotatable bonds is 5. The van der Waals surface area contributed by atoms with Gasteiger partial charge in [0.25, 0.3) is 0 Å². The van der Waals surface area contributed by atoms with Crippen LogP contribution in [0.15, 0.2) is 66.7 Å². The molecular formula is C27H21N5O5S. The number of nitrogens with zero attached hydrogens (tertiary/aromatic N) is 3. The fourth-order valence-corrected chi connectivity index (χ4v) is 5.04. The van der Waals surface area contributed by atoms with Gasteiger partial charge in [0.15, 0.2) is 0 Å². The number of fused-ring (bicyclic) bond motifs is 1. The molecule has 5 rings (SSSR count). The molecule has 0 spiro atoms. The Labute approximate surface area is 220 Å². The van der Waals surface area contributed by atoms with Crippen LogP contribution in [0.1, 0.15) is 15.9 Å². The molecule has 0 saturated heterocycles. The zero-order chi connectivity index (χ0) is 27.0. The molecule has 5 aromatic rings. The van der Waals surface area contributed by atoms with Crippen LogP contribution in [-0.4, -0.2) is 42.8 Å². The van der Waals surface area contributed by atoms with Crippen LogP contribution in [0, 0.1) is 6.92 Å². The smallest absolute Gasteiger partial charge is 0.339 e. The fraction of sp³-hybridized carbons (Fsp3) is 0.0741. The third kappa shape index (κ3) is 4.58. The van der Waals surface area contributed by atoms with Gasteiger partial charge in [-0.2, -0.15) is 0 Å². The summed E-state index contributed by atoms with van der Waals surface area (Å²) < 4.78 is 1.84. The highest BCUT2D eigenvalue weighted by Gasteiger charge is 2.20. The zero-order valence-electron chi connectivity index (χ0n) is 20.2. The molecule has 0 aliphatic rings. The van der Waals surface area contributed by atoms with Crippen LogP contribution >= 0.6 is 11.3 Å². The molecular weight excluding hydrogens is 506 g/mol. The van der Waals surface area contributed by atoms with Gasteiger partial charge in [0, 0.05) is 35.3 Å². The predicted octanol–water partition coefficient (Wildman–Crippen LogP) is 4.65. The number of phenols is 1. The summed E-state index contributed by atoms with van der Waals surface area (Å²) in [6, 6.07) is 19.2. The summed E-state index contributed by atoms with van der Waals surface area (Å²) in [5.74, 6) is -3.30. The first-order valence-corrected chi connectivity index (χ1v) is 12.2. The molecule has 11 heteroatoms. The first-order chi connectivity index (χ1) is 18.2. The number of nitrogens with one attached hydrogen (secondary N) is 2. The molecule has 4 N–H and O–H groups in total. The predicted molar refractivity (Wildman–Crippen MR) is 144 cm³/mol. The van der Waals surface area contributed by atoms with Crippen molar-refractivity contribution in [2.75, 3.05) is 10.6 Å². The highest BCUT2D eigenvalue weighted by Crippen LogP contribution is 2.36. The lowest BCUT2D eigenvalue weighted by molar-refractivity contribution is -0.133. The summed E-state index contributed by atoms with van der Waals surface area (Å²) in [6.45, 7) is 1.85. The molecule has 0 aliphatic carbocycles. The van der Waals surface area contributed by atoms with E-state index in [4.69, 9.17) is 0 Å². The Balaban J connectivity index is 1.36. The molecule has 0 unspecified atom stereocenters. The number of carbonyl (C=O) groups excluding carboxylic acids is 2. The van der Waals surface area contributed by atoms with E-state index >= 15 is 0 Å². The Hall–Kier alpha value is -5.03. The Morgan fingerprint density at radius 1 is 0.895 bits per heavy atom. The van der Waals surface area contributed by atoms with Gasteiger partial charge >= 0.3 is 17.8 Å². The lowest BCUT2D eigenvalue weighted by atomic mass is 10.0. The summed E-state index contributed by atoms with van der Waals surface area (Å²) in [7, 11) is 1.80. The Kier molecular flexibility index (Phi) is 6.35. The normalized spacial score (nSPS) is 10.9. The van der Waals surface area contributed by atoms with E-state index in [1.807, 2.05) is 47.9 Å². The van der Waals surface area contributed by atoms with Crippen LogP contribution in [0.5, 0.6) is 5.75 Å². The molecule has 190 valence electrons. The topological polar surface area (TPSA) is 146 Å². The average molecular weight is 528 g/mol. The van der Waals surface area contributed by atoms with Crippen LogP contribution in [0.3, 0.4) is 0 Å². The van der Waals surface area contributed by atoms with E-state index in [1.165, 1.54) is 12.1 Å². The van der Waals surface area contributed by atoms with Crippen molar-refractivity contribution in [1.29, 1.82) is 0 Å². The van der Waals surface area contributed by atoms with E-state index in [1.54, 1.807) is 25.2 Å². The number of hydrogen-bond donors (Lipinski definition) is 4. The van der Waals surface area contributed by atoms with Gasteiger partial charge in [0.1, 0.15) is 16.3 Å². The van der Waals surface area contributed by atoms with Gasteiger partial charge in [0.2, 0.25) is 5.13 Å². The number of carbonyl (C=O) groups is 3. The van der Waals surface area contributed by atoms with Crippen LogP contribution in [-0.2, 0) is 16.6 Å². The molecule has 0 radical (unpaired) electrons. The number of anilines is 2. The van der Waals surface area contributed by atoms with Crippen molar-refractivity contribution in [2.45, 2.75) is 6.92 Å². The lowest BCUT2D eigenvalue weighted by Gasteiger charge is -2.10. The van der Waals surface area contributed by atoms with E-state index in [0.29, 0.717) is 21.6 Å². The second-order valence-corrected chi connectivity index (χ2v) is 9.47. The molecule has 0 fully saturated rings. The molecule has 38 heavy (non-hydrogen) atoms. The summed E-state index contributed by atoms with van der Waals surface area (Å²) in [5, 5.41) is 34.1. The molecule has 2 amide bonds. The van der Waals surface area contributed by atoms with Gasteiger partial charge in [-0.25, -0.2) is 4.79 Å². The minimum absolute atomic E-state index is 0.184. The number of aromatic hydroxyl groups is 1. The minimum Gasteiger partial charge on any atom is -0.507 e. The van der Waals surface area contributed by atoms with Crippen LogP contribution in [0.4, 0.5) is 10.8 Å². The summed E-state index contributed by atoms with van der Waals surface area (Å²) in [5.41, 5.74) is 4.01. The van der Waals surface area contributed by atoms with E-state index in [2.05, 4.69) is 20.8 Å². The first-order valence-electron chi connectivity index (χ1n) is 11.4. The summed E-state index contributed by atoms with van der Waals surface area (Å²) >= 11 is 1.16. The number of carboxylic acids is 1. The highest BCUT2D eigenvalue weighted by atomic mass is 32.1. The average Bonchev–Trinajstić information content (AvgIpc) is 3.46. The zero-order valence-corrected chi connectivity index (χ0v) is 21.0. The molecule has 10 nitrogen and oxygen atoms in total. The Morgan fingerprint density at radius 3 is 2.34 bits per heavy atom. The molecule has 0 saturated carbocycles. The van der Waals surface area contributed by atoms with Crippen molar-refractivity contribution in [3.8, 4) is 27.6 Å². The van der Waals surface area contributed by atoms with Gasteiger partial charge in [-0.05, 0) is 30.7 Å². The molecule has 0 aliphatic heterocycles. The number of hydrogen-bond acceptors (Lipinski definition) is 7. The maximum Gasteiger partial charge on any atom is 0.339 e. The number of aromatic nitrogens is 3. The van der Waals surface area contributed by atoms with E-state index in [9.17, 15) is 24.6 Å². The number of carboxylic acid groups (broad SMARTS) is 1. The maximum absolute atomic E-state index is 12.6. The van der Waals surface area contributed by atoms with E-state index in [0.717, 1.165) is 33.7 Å². The van der Waals surface area contributed by atoms with Gasteiger partial charge < -0.3 is 20.1 Å². The molecule has 0 atom stereocenters. The number of aryl methyl sites for hydroxylation is 2. The number of aromatic carboxylic acids is 1. The lowest BCUT2D eigenvalue weighted by Crippen LogP contribution is -2.29. The van der Waals surface area contributed by atoms with Gasteiger partial charge in [-0.1, -0.05) is 53.8 Å². The van der Waals surface area contributed by atoms with Crippen molar-refractivity contribution in [3.05, 3.63) is 77.9 Å². The van der Waals surface area contributed by atoms with E-state index in [-0.39, 0.29) is 16.4 Å². The number of amides is 2. The van der Waals surface area contributed by atoms with Crippen molar-refractivity contribution >= 4 is 50.8 Å². The molecule has 2 heterocycles. The van der Waals surface area contributed by atoms with Gasteiger partial charge in [-0.3, -0.25) is 14.9 Å². The molecule has 3 aromatic carbocycles. The first kappa shape index (κ1) is 24.7. The van der Waals surface area contributed by atoms with Crippen molar-refractivity contribution in [3.63, 3.8) is 0 Å². The highest BCUT2D eigenvalue weighted by molar-refractivity contribution is 7.18. The maximum atomic E-state index is 12.6. The van der Waals surface area contributed by atoms with Gasteiger partial charge in [0.05, 0.1) is 11.2 Å². The molecule has 0 bridgehead atoms. The minimum atomic E-state index is -1.22. The third-order valence-corrected chi connectivity index (χ3v) is 6.95. The fourth-order valence-electron chi connectivity index (χ4n) is 4.29. The molecule has 2 aromatic heterocycles. The SMILES string of the molecule is Cc1c(-c2cccc(NC(=O)C(=O)Nc3nnc(-c4ccccc4)s3)c2)n(C)c2cc(O)c(C(=O)O)cc12. The van der Waals surface area contributed by atoms with E-state index < -0.39 is 17.8 Å². The Morgan fingerprint density at radius 2 is 1.61 bits per heavy atom. The third-order valence-electron chi connectivity index (χ3n) is 6.07. The van der Waals surface area contributed by atoms with Crippen LogP contribution in [0.25, 0.3) is 32.7 Å². The standard InChI is InChI=1S/C27H21N5O5S/c1-14-18-12-19(26(36)37)21(33)13-20(18)32(2)22(14)16-9-6-10-17(11-16)28-23(34)24(35)29-27-31-30-25(38-27)15-7-4-3-5-8-15/h3-13,33H,1-2H3,(H,28,34)(H,36,37)(H,29,31,35). The quantitative estimate of drug-likeness (QED) is 0.243. The summed E-state index contributed by atoms with van der Waals surface area (Å²) in [6.07, 6.45) is 0. The van der Waals surface area contributed by atoms with Gasteiger partial charge in [-0.15, -0.1) is 10.2 Å². The van der Waals surface area contributed by atoms with Crippen molar-refractivity contribution in [1.82, 2.24) is 14.8 Å². The van der Waals surface area contributed by atoms with Crippen molar-refractivity contribution < 1.29 is 24.6 Å². The Bertz CT molecular complexity index is 1730. The van der Waals surface area contributed by atoms with Crippen molar-refractivity contribution in [2.24, 2.45) is 7.05 Å². The monoisotopic (exact) mass is 527 g/mol.